The van der Waals surface area contributed by atoms with E-state index in [1.165, 1.54) is 16.7 Å². The highest BCUT2D eigenvalue weighted by atomic mass is 127. The van der Waals surface area contributed by atoms with E-state index in [0.29, 0.717) is 12.5 Å². The molecule has 4 nitrogen and oxygen atoms in total. The number of guanidine groups is 1. The minimum absolute atomic E-state index is 0. The average Bonchev–Trinajstić information content (AvgIpc) is 2.99. The molecule has 25 heavy (non-hydrogen) atoms. The number of halogens is 1. The molecule has 0 radical (unpaired) electrons. The Morgan fingerprint density at radius 2 is 1.84 bits per heavy atom. The Kier molecular flexibility index (Phi) is 9.42. The number of hydrogen-bond donors (Lipinski definition) is 2. The maximum atomic E-state index is 4.64. The first kappa shape index (κ1) is 21.9. The third-order valence-electron chi connectivity index (χ3n) is 3.78. The third-order valence-corrected chi connectivity index (χ3v) is 4.65. The lowest BCUT2D eigenvalue weighted by atomic mass is 10.1. The van der Waals surface area contributed by atoms with Gasteiger partial charge in [0.25, 0.3) is 0 Å². The van der Waals surface area contributed by atoms with E-state index >= 15 is 0 Å². The van der Waals surface area contributed by atoms with Gasteiger partial charge in [0.1, 0.15) is 5.01 Å². The molecule has 0 amide bonds. The quantitative estimate of drug-likeness (QED) is 0.372. The first-order chi connectivity index (χ1) is 11.5. The van der Waals surface area contributed by atoms with E-state index in [1.54, 1.807) is 18.4 Å². The Labute approximate surface area is 172 Å². The first-order valence-corrected chi connectivity index (χ1v) is 9.32. The standard InChI is InChI=1S/C19H28N4S.HI/c1-13(2)17-12-24-18(23-17)11-22-19(20-5)21-7-6-16-9-14(3)8-15(4)10-16;/h8-10,12-13H,6-7,11H2,1-5H3,(H2,20,21,22);1H. The van der Waals surface area contributed by atoms with Gasteiger partial charge in [0.2, 0.25) is 0 Å². The topological polar surface area (TPSA) is 49.3 Å². The maximum Gasteiger partial charge on any atom is 0.191 e. The SMILES string of the molecule is CN=C(NCCc1cc(C)cc(C)c1)NCc1nc(C(C)C)cs1.I. The Morgan fingerprint density at radius 3 is 2.40 bits per heavy atom. The number of aliphatic imine (C=N–C) groups is 1. The minimum atomic E-state index is 0. The summed E-state index contributed by atoms with van der Waals surface area (Å²) in [5.74, 6) is 1.30. The highest BCUT2D eigenvalue weighted by Crippen LogP contribution is 2.17. The van der Waals surface area contributed by atoms with Crippen LogP contribution in [0.5, 0.6) is 0 Å². The molecule has 0 bridgehead atoms. The lowest BCUT2D eigenvalue weighted by Gasteiger charge is -2.11. The van der Waals surface area contributed by atoms with Crippen molar-refractivity contribution in [1.29, 1.82) is 0 Å². The van der Waals surface area contributed by atoms with Crippen LogP contribution in [-0.4, -0.2) is 24.5 Å². The summed E-state index contributed by atoms with van der Waals surface area (Å²) in [7, 11) is 1.80. The fourth-order valence-electron chi connectivity index (χ4n) is 2.59. The molecule has 2 N–H and O–H groups in total. The highest BCUT2D eigenvalue weighted by molar-refractivity contribution is 14.0. The zero-order chi connectivity index (χ0) is 17.5. The van der Waals surface area contributed by atoms with Gasteiger partial charge in [-0.1, -0.05) is 43.2 Å². The van der Waals surface area contributed by atoms with E-state index < -0.39 is 0 Å². The molecule has 0 atom stereocenters. The summed E-state index contributed by atoms with van der Waals surface area (Å²) in [6, 6.07) is 6.69. The molecule has 0 unspecified atom stereocenters. The van der Waals surface area contributed by atoms with Gasteiger partial charge in [-0.2, -0.15) is 0 Å². The number of aryl methyl sites for hydroxylation is 2. The van der Waals surface area contributed by atoms with Gasteiger partial charge in [-0.25, -0.2) is 4.98 Å². The van der Waals surface area contributed by atoms with Gasteiger partial charge in [-0.15, -0.1) is 35.3 Å². The van der Waals surface area contributed by atoms with E-state index in [0.717, 1.165) is 29.6 Å². The van der Waals surface area contributed by atoms with E-state index in [1.807, 2.05) is 0 Å². The second kappa shape index (κ2) is 10.8. The highest BCUT2D eigenvalue weighted by Gasteiger charge is 2.06. The second-order valence-electron chi connectivity index (χ2n) is 6.42. The fraction of sp³-hybridized carbons (Fsp3) is 0.474. The summed E-state index contributed by atoms with van der Waals surface area (Å²) < 4.78 is 0. The van der Waals surface area contributed by atoms with E-state index in [9.17, 15) is 0 Å². The molecule has 0 spiro atoms. The lowest BCUT2D eigenvalue weighted by molar-refractivity contribution is 0.778. The molecule has 1 heterocycles. The summed E-state index contributed by atoms with van der Waals surface area (Å²) in [5.41, 5.74) is 5.15. The van der Waals surface area contributed by atoms with Crippen molar-refractivity contribution in [3.8, 4) is 0 Å². The molecule has 0 fully saturated rings. The minimum Gasteiger partial charge on any atom is -0.356 e. The number of rotatable bonds is 6. The molecule has 1 aromatic carbocycles. The van der Waals surface area contributed by atoms with Crippen LogP contribution in [0.2, 0.25) is 0 Å². The van der Waals surface area contributed by atoms with Crippen molar-refractivity contribution in [2.75, 3.05) is 13.6 Å². The Bertz CT molecular complexity index is 674. The van der Waals surface area contributed by atoms with Crippen molar-refractivity contribution in [3.05, 3.63) is 51.0 Å². The number of nitrogens with zero attached hydrogens (tertiary/aromatic N) is 2. The zero-order valence-electron chi connectivity index (χ0n) is 15.7. The summed E-state index contributed by atoms with van der Waals surface area (Å²) in [5, 5.41) is 9.94. The molecule has 1 aromatic heterocycles. The van der Waals surface area contributed by atoms with Crippen molar-refractivity contribution in [2.24, 2.45) is 4.99 Å². The summed E-state index contributed by atoms with van der Waals surface area (Å²) in [6.45, 7) is 10.2. The van der Waals surface area contributed by atoms with Gasteiger partial charge in [-0.05, 0) is 31.7 Å². The van der Waals surface area contributed by atoms with Gasteiger partial charge in [0.15, 0.2) is 5.96 Å². The maximum absolute atomic E-state index is 4.64. The van der Waals surface area contributed by atoms with Gasteiger partial charge in [0.05, 0.1) is 12.2 Å². The molecule has 6 heteroatoms. The van der Waals surface area contributed by atoms with Crippen LogP contribution in [0.3, 0.4) is 0 Å². The van der Waals surface area contributed by atoms with E-state index in [-0.39, 0.29) is 24.0 Å². The van der Waals surface area contributed by atoms with Gasteiger partial charge >= 0.3 is 0 Å². The normalized spacial score (nSPS) is 11.4. The number of nitrogens with one attached hydrogen (secondary N) is 2. The molecule has 0 aliphatic heterocycles. The van der Waals surface area contributed by atoms with Crippen molar-refractivity contribution in [2.45, 2.75) is 46.6 Å². The van der Waals surface area contributed by atoms with Gasteiger partial charge < -0.3 is 10.6 Å². The number of benzene rings is 1. The van der Waals surface area contributed by atoms with E-state index in [2.05, 4.69) is 71.9 Å². The van der Waals surface area contributed by atoms with Crippen LogP contribution in [0.15, 0.2) is 28.6 Å². The smallest absolute Gasteiger partial charge is 0.191 e. The second-order valence-corrected chi connectivity index (χ2v) is 7.36. The van der Waals surface area contributed by atoms with Crippen LogP contribution in [0.4, 0.5) is 0 Å². The third kappa shape index (κ3) is 7.32. The molecular weight excluding hydrogens is 443 g/mol. The summed E-state index contributed by atoms with van der Waals surface area (Å²) in [4.78, 5) is 8.92. The van der Waals surface area contributed by atoms with Crippen molar-refractivity contribution < 1.29 is 0 Å². The first-order valence-electron chi connectivity index (χ1n) is 8.44. The van der Waals surface area contributed by atoms with Crippen LogP contribution in [-0.2, 0) is 13.0 Å². The average molecular weight is 472 g/mol. The lowest BCUT2D eigenvalue weighted by Crippen LogP contribution is -2.37. The summed E-state index contributed by atoms with van der Waals surface area (Å²) >= 11 is 1.70. The van der Waals surface area contributed by atoms with Crippen LogP contribution < -0.4 is 10.6 Å². The molecule has 0 aliphatic rings. The Hall–Kier alpha value is -1.15. The predicted molar refractivity (Wildman–Crippen MR) is 119 cm³/mol. The Morgan fingerprint density at radius 1 is 1.16 bits per heavy atom. The molecule has 2 rings (SSSR count). The monoisotopic (exact) mass is 472 g/mol. The van der Waals surface area contributed by atoms with Crippen LogP contribution in [0.1, 0.15) is 47.2 Å². The van der Waals surface area contributed by atoms with E-state index in [4.69, 9.17) is 0 Å². The van der Waals surface area contributed by atoms with Crippen LogP contribution in [0.25, 0.3) is 0 Å². The number of hydrogen-bond acceptors (Lipinski definition) is 3. The molecule has 138 valence electrons. The number of aromatic nitrogens is 1. The molecule has 2 aromatic rings. The fourth-order valence-corrected chi connectivity index (χ4v) is 3.49. The van der Waals surface area contributed by atoms with Crippen LogP contribution >= 0.6 is 35.3 Å². The molecule has 0 saturated carbocycles. The van der Waals surface area contributed by atoms with Crippen molar-refractivity contribution in [1.82, 2.24) is 15.6 Å². The zero-order valence-corrected chi connectivity index (χ0v) is 18.9. The molecule has 0 aliphatic carbocycles. The van der Waals surface area contributed by atoms with Crippen molar-refractivity contribution >= 4 is 41.3 Å². The van der Waals surface area contributed by atoms with Crippen LogP contribution in [0, 0.1) is 13.8 Å². The number of thiazole rings is 1. The Balaban J connectivity index is 0.00000312. The predicted octanol–water partition coefficient (Wildman–Crippen LogP) is 4.41. The molecular formula is C19H29IN4S. The largest absolute Gasteiger partial charge is 0.356 e. The van der Waals surface area contributed by atoms with Gasteiger partial charge in [-0.3, -0.25) is 4.99 Å². The molecule has 0 saturated heterocycles. The van der Waals surface area contributed by atoms with Gasteiger partial charge in [0, 0.05) is 19.0 Å². The summed E-state index contributed by atoms with van der Waals surface area (Å²) in [6.07, 6.45) is 0.984. The van der Waals surface area contributed by atoms with Crippen molar-refractivity contribution in [3.63, 3.8) is 0 Å².